The lowest BCUT2D eigenvalue weighted by atomic mass is 9.99. The number of rotatable bonds is 6. The number of sulfone groups is 1. The van der Waals surface area contributed by atoms with Crippen LogP contribution in [0.25, 0.3) is 0 Å². The number of nitrogens with zero attached hydrogens (tertiary/aromatic N) is 3. The number of thioether (sulfide) groups is 4. The predicted octanol–water partition coefficient (Wildman–Crippen LogP) is 2.43. The van der Waals surface area contributed by atoms with E-state index in [-0.39, 0.29) is 22.2 Å². The third-order valence-electron chi connectivity index (χ3n) is 5.75. The maximum absolute atomic E-state index is 13.9. The van der Waals surface area contributed by atoms with Crippen molar-refractivity contribution in [2.45, 2.75) is 40.7 Å². The van der Waals surface area contributed by atoms with Gasteiger partial charge in [0.2, 0.25) is 5.78 Å². The number of ether oxygens (including phenoxy) is 1. The molecule has 10 nitrogen and oxygen atoms in total. The normalized spacial score (nSPS) is 30.7. The van der Waals surface area contributed by atoms with E-state index in [4.69, 9.17) is 4.74 Å². The Morgan fingerprint density at radius 1 is 1.11 bits per heavy atom. The van der Waals surface area contributed by atoms with Gasteiger partial charge in [0.25, 0.3) is 5.91 Å². The molecule has 3 unspecified atom stereocenters. The van der Waals surface area contributed by atoms with Gasteiger partial charge in [-0.3, -0.25) is 25.3 Å². The molecule has 15 heteroatoms. The summed E-state index contributed by atoms with van der Waals surface area (Å²) in [5.41, 5.74) is 6.72. The van der Waals surface area contributed by atoms with Gasteiger partial charge < -0.3 is 4.74 Å². The van der Waals surface area contributed by atoms with E-state index >= 15 is 0 Å². The van der Waals surface area contributed by atoms with Gasteiger partial charge in [0.1, 0.15) is 4.58 Å². The van der Waals surface area contributed by atoms with Crippen molar-refractivity contribution in [2.24, 2.45) is 10.2 Å². The summed E-state index contributed by atoms with van der Waals surface area (Å²) in [7, 11) is -2.68. The lowest BCUT2D eigenvalue weighted by Gasteiger charge is -2.50. The van der Waals surface area contributed by atoms with Crippen LogP contribution < -0.4 is 10.9 Å². The summed E-state index contributed by atoms with van der Waals surface area (Å²) < 4.78 is 33.3. The summed E-state index contributed by atoms with van der Waals surface area (Å²) >= 11 is 5.35. The van der Waals surface area contributed by atoms with E-state index in [1.54, 1.807) is 30.3 Å². The number of carbonyl (C=O) groups excluding carboxylic acids is 2. The number of hydrogen-bond donors (Lipinski definition) is 2. The number of amides is 1. The Kier molecular flexibility index (Phi) is 7.40. The average Bonchev–Trinajstić information content (AvgIpc) is 3.47. The molecule has 0 radical (unpaired) electrons. The number of fused-ring (bicyclic) bond motifs is 1. The monoisotopic (exact) mass is 585 g/mol. The molecule has 1 aromatic carbocycles. The fourth-order valence-corrected chi connectivity index (χ4v) is 11.7. The van der Waals surface area contributed by atoms with E-state index in [0.717, 1.165) is 21.0 Å². The van der Waals surface area contributed by atoms with Gasteiger partial charge in [-0.1, -0.05) is 77.4 Å². The second kappa shape index (κ2) is 10.3. The smallest absolute Gasteiger partial charge is 0.260 e. The van der Waals surface area contributed by atoms with Crippen LogP contribution in [0.3, 0.4) is 0 Å². The molecule has 0 aliphatic carbocycles. The van der Waals surface area contributed by atoms with Gasteiger partial charge in [-0.15, -0.1) is 0 Å². The molecule has 1 amide bonds. The zero-order valence-electron chi connectivity index (χ0n) is 19.4. The molecule has 36 heavy (non-hydrogen) atoms. The third-order valence-corrected chi connectivity index (χ3v) is 13.2. The molecule has 4 aliphatic rings. The first-order valence-corrected chi connectivity index (χ1v) is 16.2. The van der Waals surface area contributed by atoms with Gasteiger partial charge in [-0.2, -0.15) is 10.2 Å². The van der Waals surface area contributed by atoms with Crippen molar-refractivity contribution < 1.29 is 22.7 Å². The first kappa shape index (κ1) is 26.0. The predicted molar refractivity (Wildman–Crippen MR) is 147 cm³/mol. The highest BCUT2D eigenvalue weighted by Gasteiger charge is 2.63. The molecular formula is C21H23N5O5S5. The molecule has 1 fully saturated rings. The zero-order valence-corrected chi connectivity index (χ0v) is 23.5. The minimum absolute atomic E-state index is 0.00340. The molecule has 0 saturated carbocycles. The van der Waals surface area contributed by atoms with Crippen molar-refractivity contribution in [2.75, 3.05) is 12.9 Å². The molecule has 0 spiro atoms. The van der Waals surface area contributed by atoms with Crippen LogP contribution >= 0.6 is 47.0 Å². The molecule has 4 aliphatic heterocycles. The summed E-state index contributed by atoms with van der Waals surface area (Å²) in [5.74, 6) is -0.776. The zero-order chi connectivity index (χ0) is 25.6. The minimum atomic E-state index is -3.98. The van der Waals surface area contributed by atoms with Crippen LogP contribution in [0.5, 0.6) is 0 Å². The van der Waals surface area contributed by atoms with E-state index in [0.29, 0.717) is 15.5 Å². The molecule has 0 bridgehead atoms. The summed E-state index contributed by atoms with van der Waals surface area (Å²) in [6, 6.07) is 8.56. The number of methoxy groups -OCH3 is 1. The van der Waals surface area contributed by atoms with E-state index < -0.39 is 37.6 Å². The van der Waals surface area contributed by atoms with Crippen LogP contribution in [0.1, 0.15) is 24.2 Å². The number of benzene rings is 1. The molecule has 4 heterocycles. The van der Waals surface area contributed by atoms with Gasteiger partial charge in [-0.05, 0) is 19.4 Å². The molecule has 1 saturated heterocycles. The average molecular weight is 586 g/mol. The van der Waals surface area contributed by atoms with Crippen molar-refractivity contribution in [3.8, 4) is 0 Å². The summed E-state index contributed by atoms with van der Waals surface area (Å²) in [6.07, 6.45) is -1.17. The Morgan fingerprint density at radius 3 is 2.33 bits per heavy atom. The number of carbonyl (C=O) groups is 2. The van der Waals surface area contributed by atoms with Gasteiger partial charge in [-0.25, -0.2) is 8.42 Å². The fourth-order valence-electron chi connectivity index (χ4n) is 4.11. The number of β-lactam (4-membered cyclic amide) rings is 1. The summed E-state index contributed by atoms with van der Waals surface area (Å²) in [5, 5.41) is 7.36. The Balaban J connectivity index is 1.62. The molecule has 5 rings (SSSR count). The van der Waals surface area contributed by atoms with E-state index in [9.17, 15) is 18.0 Å². The number of hydrogen-bond acceptors (Lipinski definition) is 13. The number of Topliss-reactive ketones (excluding diaryl/α,β-unsaturated/α-hetero) is 1. The topological polar surface area (TPSA) is 130 Å². The lowest BCUT2D eigenvalue weighted by Crippen LogP contribution is -2.71. The molecule has 192 valence electrons. The van der Waals surface area contributed by atoms with Crippen molar-refractivity contribution in [1.29, 1.82) is 0 Å². The first-order valence-electron chi connectivity index (χ1n) is 10.9. The standard InChI is InChI=1S/C21H23N5O5S5/c1-10-22-24-20(33-10)32-9-13-14(15(27)12-7-5-4-6-8-12)26-17(28)16(31-3)18(26)36(29,30)19(13)35-21-25-23-11(2)34-21/h4-8,10-11,16,18-19,22-23H,9H2,1-3H3/t10?,11?,16-,18?,19-/m0/s1. The molecule has 2 N–H and O–H groups in total. The van der Waals surface area contributed by atoms with Crippen molar-refractivity contribution in [1.82, 2.24) is 15.8 Å². The van der Waals surface area contributed by atoms with Crippen molar-refractivity contribution in [3.63, 3.8) is 0 Å². The number of hydrazone groups is 2. The molecular weight excluding hydrogens is 563 g/mol. The van der Waals surface area contributed by atoms with Gasteiger partial charge in [0.15, 0.2) is 30.1 Å². The highest BCUT2D eigenvalue weighted by atomic mass is 32.3. The Bertz CT molecular complexity index is 1290. The van der Waals surface area contributed by atoms with Crippen LogP contribution in [0, 0.1) is 0 Å². The third kappa shape index (κ3) is 4.58. The fraction of sp³-hybridized carbons (Fsp3) is 0.429. The van der Waals surface area contributed by atoms with Crippen molar-refractivity contribution in [3.05, 3.63) is 47.2 Å². The van der Waals surface area contributed by atoms with Gasteiger partial charge in [0.05, 0.1) is 16.4 Å². The maximum Gasteiger partial charge on any atom is 0.260 e. The highest BCUT2D eigenvalue weighted by Crippen LogP contribution is 2.48. The largest absolute Gasteiger partial charge is 0.368 e. The van der Waals surface area contributed by atoms with Gasteiger partial charge in [0, 0.05) is 18.4 Å². The highest BCUT2D eigenvalue weighted by molar-refractivity contribution is 8.42. The molecule has 1 aromatic rings. The van der Waals surface area contributed by atoms with E-state index in [1.807, 2.05) is 13.8 Å². The van der Waals surface area contributed by atoms with Crippen LogP contribution in [0.2, 0.25) is 0 Å². The maximum atomic E-state index is 13.9. The van der Waals surface area contributed by atoms with Crippen LogP contribution in [0.4, 0.5) is 0 Å². The SMILES string of the molecule is CO[C@H]1C(=O)N2C(C(=O)c3ccccc3)=C(CSC3=NNC(C)S3)[C@@H](SC3=NNC(C)S3)S(=O)(=O)C12. The number of nitrogens with one attached hydrogen (secondary N) is 2. The minimum Gasteiger partial charge on any atom is -0.368 e. The van der Waals surface area contributed by atoms with Gasteiger partial charge >= 0.3 is 0 Å². The van der Waals surface area contributed by atoms with E-state index in [2.05, 4.69) is 21.1 Å². The number of ketones is 1. The second-order valence-corrected chi connectivity index (χ2v) is 15.8. The Morgan fingerprint density at radius 2 is 1.75 bits per heavy atom. The lowest BCUT2D eigenvalue weighted by molar-refractivity contribution is -0.158. The van der Waals surface area contributed by atoms with Crippen LogP contribution in [0.15, 0.2) is 51.8 Å². The van der Waals surface area contributed by atoms with Crippen LogP contribution in [-0.2, 0) is 19.4 Å². The summed E-state index contributed by atoms with van der Waals surface area (Å²) in [6.45, 7) is 3.89. The van der Waals surface area contributed by atoms with Crippen LogP contribution in [-0.4, -0.2) is 73.4 Å². The number of allylic oxidation sites excluding steroid dienone is 1. The van der Waals surface area contributed by atoms with E-state index in [1.165, 1.54) is 42.4 Å². The molecule has 0 aromatic heterocycles. The quantitative estimate of drug-likeness (QED) is 0.377. The Labute approximate surface area is 225 Å². The first-order chi connectivity index (χ1) is 17.2. The second-order valence-electron chi connectivity index (χ2n) is 8.19. The Hall–Kier alpha value is -1.65. The summed E-state index contributed by atoms with van der Waals surface area (Å²) in [4.78, 5) is 28.0. The molecule has 5 atom stereocenters. The van der Waals surface area contributed by atoms with Crippen molar-refractivity contribution >= 4 is 77.3 Å².